The minimum atomic E-state index is -0.0411. The molecule has 0 bridgehead atoms. The molecule has 24 heavy (non-hydrogen) atoms. The van der Waals surface area contributed by atoms with Gasteiger partial charge in [-0.1, -0.05) is 18.2 Å². The van der Waals surface area contributed by atoms with Crippen molar-refractivity contribution in [2.24, 2.45) is 0 Å². The summed E-state index contributed by atoms with van der Waals surface area (Å²) in [4.78, 5) is 21.1. The average molecular weight is 324 g/mol. The van der Waals surface area contributed by atoms with Gasteiger partial charge in [-0.3, -0.25) is 19.6 Å². The van der Waals surface area contributed by atoms with Crippen LogP contribution in [0.4, 0.5) is 0 Å². The van der Waals surface area contributed by atoms with Crippen molar-refractivity contribution in [3.8, 4) is 0 Å². The highest BCUT2D eigenvalue weighted by molar-refractivity contribution is 5.94. The van der Waals surface area contributed by atoms with Crippen molar-refractivity contribution >= 4 is 5.91 Å². The summed E-state index contributed by atoms with van der Waals surface area (Å²) in [7, 11) is 3.81. The predicted molar refractivity (Wildman–Crippen MR) is 94.7 cm³/mol. The Morgan fingerprint density at radius 1 is 1.25 bits per heavy atom. The normalized spacial score (nSPS) is 19.2. The fourth-order valence-electron chi connectivity index (χ4n) is 3.19. The van der Waals surface area contributed by atoms with E-state index in [1.807, 2.05) is 36.5 Å². The van der Waals surface area contributed by atoms with E-state index in [0.29, 0.717) is 5.56 Å². The molecule has 5 heteroatoms. The van der Waals surface area contributed by atoms with Gasteiger partial charge < -0.3 is 5.32 Å². The SMILES string of the molecule is CNC(=O)c1cccc([C@H]2CN(Cc3ccccn3)CCN2C)c1. The quantitative estimate of drug-likeness (QED) is 0.934. The summed E-state index contributed by atoms with van der Waals surface area (Å²) in [5, 5.41) is 2.69. The van der Waals surface area contributed by atoms with Crippen LogP contribution in [0, 0.1) is 0 Å². The summed E-state index contributed by atoms with van der Waals surface area (Å²) in [5.41, 5.74) is 2.99. The molecule has 1 aliphatic heterocycles. The molecule has 0 saturated carbocycles. The summed E-state index contributed by atoms with van der Waals surface area (Å²) in [5.74, 6) is -0.0411. The smallest absolute Gasteiger partial charge is 0.251 e. The van der Waals surface area contributed by atoms with E-state index in [0.717, 1.165) is 31.9 Å². The van der Waals surface area contributed by atoms with E-state index in [9.17, 15) is 4.79 Å². The number of nitrogens with zero attached hydrogens (tertiary/aromatic N) is 3. The van der Waals surface area contributed by atoms with Crippen molar-refractivity contribution in [2.45, 2.75) is 12.6 Å². The number of hydrogen-bond acceptors (Lipinski definition) is 4. The summed E-state index contributed by atoms with van der Waals surface area (Å²) in [6, 6.07) is 14.3. The highest BCUT2D eigenvalue weighted by Crippen LogP contribution is 2.25. The molecule has 1 fully saturated rings. The molecule has 0 aliphatic carbocycles. The number of carbonyl (C=O) groups is 1. The van der Waals surface area contributed by atoms with Gasteiger partial charge in [0.15, 0.2) is 0 Å². The molecule has 5 nitrogen and oxygen atoms in total. The Kier molecular flexibility index (Phi) is 5.23. The molecule has 1 amide bonds. The zero-order chi connectivity index (χ0) is 16.9. The molecule has 1 saturated heterocycles. The van der Waals surface area contributed by atoms with E-state index in [4.69, 9.17) is 0 Å². The molecule has 1 aliphatic rings. The second-order valence-electron chi connectivity index (χ2n) is 6.26. The molecular weight excluding hydrogens is 300 g/mol. The lowest BCUT2D eigenvalue weighted by molar-refractivity contribution is 0.0893. The maximum absolute atomic E-state index is 11.9. The van der Waals surface area contributed by atoms with Crippen LogP contribution in [-0.2, 0) is 6.54 Å². The van der Waals surface area contributed by atoms with Crippen LogP contribution >= 0.6 is 0 Å². The Balaban J connectivity index is 1.75. The summed E-state index contributed by atoms with van der Waals surface area (Å²) >= 11 is 0. The zero-order valence-electron chi connectivity index (χ0n) is 14.3. The average Bonchev–Trinajstić information content (AvgIpc) is 2.63. The van der Waals surface area contributed by atoms with Crippen LogP contribution in [0.3, 0.4) is 0 Å². The second-order valence-corrected chi connectivity index (χ2v) is 6.26. The molecule has 126 valence electrons. The lowest BCUT2D eigenvalue weighted by Gasteiger charge is -2.39. The third-order valence-corrected chi connectivity index (χ3v) is 4.60. The molecule has 1 aromatic carbocycles. The standard InChI is InChI=1S/C19H24N4O/c1-20-19(24)16-7-5-6-15(12-16)18-14-23(11-10-22(18)2)13-17-8-3-4-9-21-17/h3-9,12,18H,10-11,13-14H2,1-2H3,(H,20,24)/t18-/m1/s1. The Bertz CT molecular complexity index is 689. The molecule has 0 unspecified atom stereocenters. The Hall–Kier alpha value is -2.24. The van der Waals surface area contributed by atoms with Crippen LogP contribution in [0.5, 0.6) is 0 Å². The fourth-order valence-corrected chi connectivity index (χ4v) is 3.19. The van der Waals surface area contributed by atoms with Crippen LogP contribution in [0.2, 0.25) is 0 Å². The Labute approximate surface area is 143 Å². The Morgan fingerprint density at radius 3 is 2.88 bits per heavy atom. The number of aromatic nitrogens is 1. The maximum atomic E-state index is 11.9. The van der Waals surface area contributed by atoms with Gasteiger partial charge in [-0.25, -0.2) is 0 Å². The van der Waals surface area contributed by atoms with E-state index in [2.05, 4.69) is 39.3 Å². The van der Waals surface area contributed by atoms with Gasteiger partial charge in [0.25, 0.3) is 5.91 Å². The molecule has 3 rings (SSSR count). The van der Waals surface area contributed by atoms with Crippen LogP contribution in [0.15, 0.2) is 48.7 Å². The molecular formula is C19H24N4O. The molecule has 1 atom stereocenters. The van der Waals surface area contributed by atoms with Crippen molar-refractivity contribution in [2.75, 3.05) is 33.7 Å². The molecule has 0 spiro atoms. The van der Waals surface area contributed by atoms with Gasteiger partial charge in [-0.05, 0) is 36.9 Å². The minimum absolute atomic E-state index is 0.0411. The summed E-state index contributed by atoms with van der Waals surface area (Å²) in [6.07, 6.45) is 1.84. The summed E-state index contributed by atoms with van der Waals surface area (Å²) in [6.45, 7) is 3.82. The van der Waals surface area contributed by atoms with Crippen LogP contribution in [-0.4, -0.2) is 54.4 Å². The van der Waals surface area contributed by atoms with Crippen molar-refractivity contribution in [1.29, 1.82) is 0 Å². The Morgan fingerprint density at radius 2 is 2.12 bits per heavy atom. The first-order valence-corrected chi connectivity index (χ1v) is 8.32. The highest BCUT2D eigenvalue weighted by Gasteiger charge is 2.26. The predicted octanol–water partition coefficient (Wildman–Crippen LogP) is 1.93. The van der Waals surface area contributed by atoms with Gasteiger partial charge in [0.05, 0.1) is 5.69 Å². The van der Waals surface area contributed by atoms with E-state index in [1.54, 1.807) is 7.05 Å². The lowest BCUT2D eigenvalue weighted by atomic mass is 10.00. The van der Waals surface area contributed by atoms with E-state index in [1.165, 1.54) is 5.56 Å². The minimum Gasteiger partial charge on any atom is -0.355 e. The highest BCUT2D eigenvalue weighted by atomic mass is 16.1. The van der Waals surface area contributed by atoms with E-state index in [-0.39, 0.29) is 11.9 Å². The third kappa shape index (κ3) is 3.80. The van der Waals surface area contributed by atoms with Gasteiger partial charge in [0.2, 0.25) is 0 Å². The number of rotatable bonds is 4. The van der Waals surface area contributed by atoms with Gasteiger partial charge in [-0.15, -0.1) is 0 Å². The van der Waals surface area contributed by atoms with Gasteiger partial charge in [0.1, 0.15) is 0 Å². The van der Waals surface area contributed by atoms with Crippen LogP contribution in [0.1, 0.15) is 27.7 Å². The largest absolute Gasteiger partial charge is 0.355 e. The second kappa shape index (κ2) is 7.55. The number of piperazine rings is 1. The van der Waals surface area contributed by atoms with Gasteiger partial charge in [-0.2, -0.15) is 0 Å². The van der Waals surface area contributed by atoms with Gasteiger partial charge in [0, 0.05) is 51.0 Å². The first-order chi connectivity index (χ1) is 11.7. The van der Waals surface area contributed by atoms with Crippen molar-refractivity contribution in [1.82, 2.24) is 20.1 Å². The van der Waals surface area contributed by atoms with Gasteiger partial charge >= 0.3 is 0 Å². The number of carbonyl (C=O) groups excluding carboxylic acids is 1. The molecule has 0 radical (unpaired) electrons. The third-order valence-electron chi connectivity index (χ3n) is 4.60. The number of hydrogen-bond donors (Lipinski definition) is 1. The fraction of sp³-hybridized carbons (Fsp3) is 0.368. The zero-order valence-corrected chi connectivity index (χ0v) is 14.3. The topological polar surface area (TPSA) is 48.5 Å². The number of pyridine rings is 1. The molecule has 1 aromatic heterocycles. The van der Waals surface area contributed by atoms with E-state index >= 15 is 0 Å². The van der Waals surface area contributed by atoms with Crippen molar-refractivity contribution in [3.63, 3.8) is 0 Å². The monoisotopic (exact) mass is 324 g/mol. The maximum Gasteiger partial charge on any atom is 0.251 e. The molecule has 1 N–H and O–H groups in total. The van der Waals surface area contributed by atoms with Crippen LogP contribution < -0.4 is 5.32 Å². The number of likely N-dealkylation sites (N-methyl/N-ethyl adjacent to an activating group) is 1. The lowest BCUT2D eigenvalue weighted by Crippen LogP contribution is -2.46. The number of amides is 1. The summed E-state index contributed by atoms with van der Waals surface area (Å²) < 4.78 is 0. The molecule has 2 heterocycles. The van der Waals surface area contributed by atoms with Crippen molar-refractivity contribution in [3.05, 3.63) is 65.5 Å². The van der Waals surface area contributed by atoms with Crippen LogP contribution in [0.25, 0.3) is 0 Å². The number of nitrogens with one attached hydrogen (secondary N) is 1. The number of benzene rings is 1. The van der Waals surface area contributed by atoms with Crippen molar-refractivity contribution < 1.29 is 4.79 Å². The first kappa shape index (κ1) is 16.6. The first-order valence-electron chi connectivity index (χ1n) is 8.32. The van der Waals surface area contributed by atoms with E-state index < -0.39 is 0 Å². The molecule has 2 aromatic rings.